The van der Waals surface area contributed by atoms with Crippen molar-refractivity contribution in [2.45, 2.75) is 46.1 Å². The number of rotatable bonds is 7. The van der Waals surface area contributed by atoms with Crippen molar-refractivity contribution in [1.82, 2.24) is 24.7 Å². The van der Waals surface area contributed by atoms with E-state index in [1.807, 2.05) is 26.0 Å². The first-order valence-corrected chi connectivity index (χ1v) is 14.6. The second kappa shape index (κ2) is 11.7. The number of amides is 2. The third-order valence-corrected chi connectivity index (χ3v) is 7.94. The smallest absolute Gasteiger partial charge is 0.276 e. The van der Waals surface area contributed by atoms with Crippen LogP contribution in [0.25, 0.3) is 11.3 Å². The molecule has 0 bridgehead atoms. The molecule has 3 aromatic heterocycles. The quantitative estimate of drug-likeness (QED) is 0.296. The summed E-state index contributed by atoms with van der Waals surface area (Å²) in [5.41, 5.74) is 4.68. The van der Waals surface area contributed by atoms with Crippen molar-refractivity contribution in [2.24, 2.45) is 5.92 Å². The Kier molecular flexibility index (Phi) is 8.25. The maximum absolute atomic E-state index is 15.2. The summed E-state index contributed by atoms with van der Waals surface area (Å²) in [6.45, 7) is 8.37. The molecule has 2 unspecified atom stereocenters. The van der Waals surface area contributed by atoms with Crippen LogP contribution in [0.1, 0.15) is 57.2 Å². The Morgan fingerprint density at radius 1 is 1.15 bits per heavy atom. The monoisotopic (exact) mass is 591 g/mol. The number of hydrogen-bond acceptors (Lipinski definition) is 6. The van der Waals surface area contributed by atoms with E-state index in [4.69, 9.17) is 0 Å². The molecule has 41 heavy (non-hydrogen) atoms. The van der Waals surface area contributed by atoms with E-state index in [9.17, 15) is 9.59 Å². The van der Waals surface area contributed by atoms with E-state index in [-0.39, 0.29) is 28.7 Å². The summed E-state index contributed by atoms with van der Waals surface area (Å²) in [6.07, 6.45) is 7.33. The molecule has 1 aromatic carbocycles. The molecule has 0 aliphatic carbocycles. The Morgan fingerprint density at radius 3 is 2.61 bits per heavy atom. The molecule has 0 spiro atoms. The van der Waals surface area contributed by atoms with Gasteiger partial charge in [-0.25, -0.2) is 14.4 Å². The third kappa shape index (κ3) is 5.90. The lowest BCUT2D eigenvalue weighted by molar-refractivity contribution is -0.119. The minimum atomic E-state index is -0.467. The molecule has 1 N–H and O–H groups in total. The van der Waals surface area contributed by atoms with Gasteiger partial charge in [-0.3, -0.25) is 24.2 Å². The van der Waals surface area contributed by atoms with Crippen molar-refractivity contribution in [3.8, 4) is 11.3 Å². The fourth-order valence-electron chi connectivity index (χ4n) is 4.94. The first-order chi connectivity index (χ1) is 19.5. The molecular formula is C29H32FN7O2P2. The molecule has 5 rings (SSSR count). The highest BCUT2D eigenvalue weighted by Crippen LogP contribution is 2.39. The zero-order chi connectivity index (χ0) is 29.4. The highest BCUT2D eigenvalue weighted by Gasteiger charge is 2.30. The summed E-state index contributed by atoms with van der Waals surface area (Å²) in [6, 6.07) is 5.57. The highest BCUT2D eigenvalue weighted by molar-refractivity contribution is 7.37. The van der Waals surface area contributed by atoms with Crippen LogP contribution in [0.5, 0.6) is 0 Å². The molecule has 4 heterocycles. The maximum Gasteiger partial charge on any atom is 0.276 e. The molecule has 1 fully saturated rings. The molecular weight excluding hydrogens is 559 g/mol. The SMILES string of the molecule is Cc1cc(Cn2cc(NC(=O)c3nc(-c4c(C(P)P)ccc(C)c4F)cnc3C)cn2)cnc1N1CC[C@@H](C)C1=O. The predicted octanol–water partition coefficient (Wildman–Crippen LogP) is 5.22. The van der Waals surface area contributed by atoms with Crippen molar-refractivity contribution in [3.63, 3.8) is 0 Å². The van der Waals surface area contributed by atoms with Crippen LogP contribution in [0.15, 0.2) is 43.0 Å². The molecule has 1 saturated heterocycles. The Hall–Kier alpha value is -3.61. The number of anilines is 2. The number of pyridine rings is 1. The van der Waals surface area contributed by atoms with Crippen LogP contribution in [-0.2, 0) is 11.3 Å². The van der Waals surface area contributed by atoms with Crippen molar-refractivity contribution < 1.29 is 14.0 Å². The molecule has 0 radical (unpaired) electrons. The second-order valence-electron chi connectivity index (χ2n) is 10.4. The zero-order valence-corrected chi connectivity index (χ0v) is 25.7. The van der Waals surface area contributed by atoms with Crippen LogP contribution in [0.4, 0.5) is 15.9 Å². The number of aryl methyl sites for hydroxylation is 3. The average molecular weight is 592 g/mol. The van der Waals surface area contributed by atoms with Gasteiger partial charge in [0.05, 0.1) is 36.0 Å². The van der Waals surface area contributed by atoms with Crippen molar-refractivity contribution in [3.05, 3.63) is 82.4 Å². The Morgan fingerprint density at radius 2 is 1.93 bits per heavy atom. The van der Waals surface area contributed by atoms with Crippen LogP contribution in [0.2, 0.25) is 0 Å². The van der Waals surface area contributed by atoms with Gasteiger partial charge in [0, 0.05) is 35.8 Å². The molecule has 1 aliphatic heterocycles. The van der Waals surface area contributed by atoms with Crippen LogP contribution >= 0.6 is 18.5 Å². The standard InChI is InChI=1S/C29H32FN7O2P2/c1-15-5-6-21(29(40)41)23(24(15)30)22-12-31-18(4)25(35-22)27(38)34-20-11-33-36(14-20)13-19-9-17(3)26(32-10-19)37-8-7-16(2)28(37)39/h5-6,9-12,14,16,29H,7-8,13,40-41H2,1-4H3,(H,34,38)/t16-/m1/s1. The van der Waals surface area contributed by atoms with E-state index >= 15 is 4.39 Å². The van der Waals surface area contributed by atoms with Crippen molar-refractivity contribution in [2.75, 3.05) is 16.8 Å². The van der Waals surface area contributed by atoms with Gasteiger partial charge >= 0.3 is 0 Å². The van der Waals surface area contributed by atoms with Gasteiger partial charge in [-0.1, -0.05) is 19.1 Å². The molecule has 3 atom stereocenters. The number of benzene rings is 1. The predicted molar refractivity (Wildman–Crippen MR) is 163 cm³/mol. The normalized spacial score (nSPS) is 15.2. The van der Waals surface area contributed by atoms with Gasteiger partial charge in [0.25, 0.3) is 5.91 Å². The molecule has 0 saturated carbocycles. The minimum Gasteiger partial charge on any atom is -0.318 e. The van der Waals surface area contributed by atoms with Gasteiger partial charge in [-0.05, 0) is 55.5 Å². The lowest BCUT2D eigenvalue weighted by Crippen LogP contribution is -2.27. The molecule has 9 nitrogen and oxygen atoms in total. The van der Waals surface area contributed by atoms with Gasteiger partial charge in [0.1, 0.15) is 17.3 Å². The summed E-state index contributed by atoms with van der Waals surface area (Å²) in [4.78, 5) is 40.8. The van der Waals surface area contributed by atoms with Gasteiger partial charge in [-0.15, -0.1) is 18.5 Å². The van der Waals surface area contributed by atoms with E-state index in [0.717, 1.165) is 23.1 Å². The molecule has 212 valence electrons. The van der Waals surface area contributed by atoms with Crippen LogP contribution in [0, 0.1) is 32.5 Å². The summed E-state index contributed by atoms with van der Waals surface area (Å²) < 4.78 is 16.9. The summed E-state index contributed by atoms with van der Waals surface area (Å²) in [7, 11) is 5.27. The zero-order valence-electron chi connectivity index (χ0n) is 23.3. The van der Waals surface area contributed by atoms with E-state index < -0.39 is 5.91 Å². The molecule has 4 aromatic rings. The Balaban J connectivity index is 1.32. The molecule has 1 aliphatic rings. The number of carbonyl (C=O) groups excluding carboxylic acids is 2. The summed E-state index contributed by atoms with van der Waals surface area (Å²) >= 11 is 0. The Labute approximate surface area is 242 Å². The highest BCUT2D eigenvalue weighted by atomic mass is 31.1. The molecule has 2 amide bonds. The van der Waals surface area contributed by atoms with E-state index in [0.29, 0.717) is 47.1 Å². The van der Waals surface area contributed by atoms with Crippen LogP contribution in [0.3, 0.4) is 0 Å². The van der Waals surface area contributed by atoms with Gasteiger partial charge in [-0.2, -0.15) is 5.10 Å². The first kappa shape index (κ1) is 28.9. The van der Waals surface area contributed by atoms with Gasteiger partial charge in [0.2, 0.25) is 5.91 Å². The van der Waals surface area contributed by atoms with Crippen molar-refractivity contribution in [1.29, 1.82) is 0 Å². The lowest BCUT2D eigenvalue weighted by Gasteiger charge is -2.18. The second-order valence-corrected chi connectivity index (χ2v) is 12.6. The molecule has 12 heteroatoms. The fourth-order valence-corrected chi connectivity index (χ4v) is 5.49. The van der Waals surface area contributed by atoms with Gasteiger partial charge in [0.15, 0.2) is 0 Å². The summed E-state index contributed by atoms with van der Waals surface area (Å²) in [5, 5.41) is 7.09. The number of halogens is 1. The Bertz CT molecular complexity index is 1660. The number of hydrogen-bond donors (Lipinski definition) is 1. The van der Waals surface area contributed by atoms with Gasteiger partial charge < -0.3 is 5.32 Å². The number of aromatic nitrogens is 5. The lowest BCUT2D eigenvalue weighted by atomic mass is 10.0. The minimum absolute atomic E-state index is 0.0187. The number of carbonyl (C=O) groups is 2. The summed E-state index contributed by atoms with van der Waals surface area (Å²) in [5.74, 6) is -0.0362. The fraction of sp³-hybridized carbons (Fsp3) is 0.310. The topological polar surface area (TPSA) is 106 Å². The average Bonchev–Trinajstić information content (AvgIpc) is 3.51. The maximum atomic E-state index is 15.2. The van der Waals surface area contributed by atoms with E-state index in [1.54, 1.807) is 48.1 Å². The number of nitrogens with zero attached hydrogens (tertiary/aromatic N) is 6. The van der Waals surface area contributed by atoms with Crippen LogP contribution < -0.4 is 10.2 Å². The van der Waals surface area contributed by atoms with E-state index in [2.05, 4.69) is 43.8 Å². The number of nitrogens with one attached hydrogen (secondary N) is 1. The largest absolute Gasteiger partial charge is 0.318 e. The first-order valence-electron chi connectivity index (χ1n) is 13.3. The third-order valence-electron chi connectivity index (χ3n) is 7.22. The van der Waals surface area contributed by atoms with Crippen molar-refractivity contribution >= 4 is 41.8 Å². The van der Waals surface area contributed by atoms with E-state index in [1.165, 1.54) is 6.20 Å². The van der Waals surface area contributed by atoms with Crippen LogP contribution in [-0.4, -0.2) is 43.1 Å².